The number of anilines is 4. The normalized spacial score (nSPS) is 13.6. The average molecular weight is 394 g/mol. The lowest BCUT2D eigenvalue weighted by molar-refractivity contribution is 0.949. The number of hydrogen-bond donors (Lipinski definition) is 2. The summed E-state index contributed by atoms with van der Waals surface area (Å²) in [7, 11) is 0. The Balaban J connectivity index is 1.42. The molecule has 1 aliphatic heterocycles. The van der Waals surface area contributed by atoms with Crippen molar-refractivity contribution in [3.8, 4) is 0 Å². The summed E-state index contributed by atoms with van der Waals surface area (Å²) in [5.41, 5.74) is 3.45. The van der Waals surface area contributed by atoms with Crippen LogP contribution in [0, 0.1) is 6.92 Å². The van der Waals surface area contributed by atoms with Crippen molar-refractivity contribution >= 4 is 34.6 Å². The van der Waals surface area contributed by atoms with Crippen LogP contribution in [0.3, 0.4) is 0 Å². The van der Waals surface area contributed by atoms with E-state index in [1.54, 1.807) is 0 Å². The minimum Gasteiger partial charge on any atom is -0.372 e. The molecule has 0 radical (unpaired) electrons. The van der Waals surface area contributed by atoms with Gasteiger partial charge in [0.05, 0.1) is 0 Å². The molecule has 28 heavy (non-hydrogen) atoms. The first kappa shape index (κ1) is 18.6. The summed E-state index contributed by atoms with van der Waals surface area (Å²) in [6, 6.07) is 18.3. The second-order valence-electron chi connectivity index (χ2n) is 7.03. The van der Waals surface area contributed by atoms with Crippen LogP contribution in [-0.2, 0) is 6.54 Å². The quantitative estimate of drug-likeness (QED) is 0.587. The second kappa shape index (κ2) is 8.48. The predicted molar refractivity (Wildman–Crippen MR) is 117 cm³/mol. The monoisotopic (exact) mass is 393 g/mol. The molecule has 1 fully saturated rings. The highest BCUT2D eigenvalue weighted by molar-refractivity contribution is 6.30. The van der Waals surface area contributed by atoms with Crippen molar-refractivity contribution in [1.29, 1.82) is 0 Å². The van der Waals surface area contributed by atoms with Crippen LogP contribution in [-0.4, -0.2) is 23.1 Å². The van der Waals surface area contributed by atoms with Crippen LogP contribution in [0.5, 0.6) is 0 Å². The van der Waals surface area contributed by atoms with Crippen LogP contribution >= 0.6 is 11.6 Å². The van der Waals surface area contributed by atoms with E-state index in [-0.39, 0.29) is 0 Å². The molecule has 3 aromatic rings. The molecule has 4 rings (SSSR count). The lowest BCUT2D eigenvalue weighted by Gasteiger charge is -2.18. The van der Waals surface area contributed by atoms with E-state index in [1.807, 2.05) is 37.3 Å². The Morgan fingerprint density at radius 2 is 1.61 bits per heavy atom. The lowest BCUT2D eigenvalue weighted by atomic mass is 10.2. The molecule has 0 bridgehead atoms. The van der Waals surface area contributed by atoms with E-state index in [4.69, 9.17) is 11.6 Å². The highest BCUT2D eigenvalue weighted by Crippen LogP contribution is 2.24. The summed E-state index contributed by atoms with van der Waals surface area (Å²) in [5.74, 6) is 2.29. The molecule has 2 N–H and O–H groups in total. The van der Waals surface area contributed by atoms with E-state index >= 15 is 0 Å². The molecule has 0 aliphatic carbocycles. The zero-order valence-electron chi connectivity index (χ0n) is 16.0. The molecule has 1 aromatic heterocycles. The van der Waals surface area contributed by atoms with E-state index < -0.39 is 0 Å². The molecule has 5 nitrogen and oxygen atoms in total. The maximum atomic E-state index is 5.94. The van der Waals surface area contributed by atoms with Gasteiger partial charge in [-0.2, -0.15) is 0 Å². The minimum atomic E-state index is 0.678. The highest BCUT2D eigenvalue weighted by Gasteiger charge is 2.12. The Bertz CT molecular complexity index is 919. The number of nitrogens with one attached hydrogen (secondary N) is 2. The molecule has 1 saturated heterocycles. The first-order valence-electron chi connectivity index (χ1n) is 9.62. The average Bonchev–Trinajstić information content (AvgIpc) is 3.23. The van der Waals surface area contributed by atoms with Crippen molar-refractivity contribution in [3.05, 3.63) is 71.0 Å². The molecule has 0 amide bonds. The van der Waals surface area contributed by atoms with Gasteiger partial charge in [0.1, 0.15) is 17.5 Å². The Labute approximate surface area is 170 Å². The van der Waals surface area contributed by atoms with Crippen molar-refractivity contribution in [1.82, 2.24) is 9.97 Å². The third-order valence-corrected chi connectivity index (χ3v) is 5.09. The summed E-state index contributed by atoms with van der Waals surface area (Å²) in [5, 5.41) is 7.47. The number of aryl methyl sites for hydroxylation is 1. The van der Waals surface area contributed by atoms with Crippen LogP contribution < -0.4 is 15.5 Å². The molecule has 0 spiro atoms. The van der Waals surface area contributed by atoms with Crippen LogP contribution in [0.4, 0.5) is 23.0 Å². The van der Waals surface area contributed by atoms with Gasteiger partial charge in [-0.3, -0.25) is 0 Å². The van der Waals surface area contributed by atoms with E-state index in [1.165, 1.54) is 18.5 Å². The molecule has 1 aliphatic rings. The van der Waals surface area contributed by atoms with E-state index in [9.17, 15) is 0 Å². The zero-order valence-corrected chi connectivity index (χ0v) is 16.7. The lowest BCUT2D eigenvalue weighted by Crippen LogP contribution is -2.17. The van der Waals surface area contributed by atoms with Gasteiger partial charge >= 0.3 is 0 Å². The first-order chi connectivity index (χ1) is 13.7. The predicted octanol–water partition coefficient (Wildman–Crippen LogP) is 5.39. The van der Waals surface area contributed by atoms with E-state index in [2.05, 4.69) is 49.8 Å². The number of nitrogens with zero attached hydrogens (tertiary/aromatic N) is 3. The van der Waals surface area contributed by atoms with Gasteiger partial charge in [-0.25, -0.2) is 9.97 Å². The van der Waals surface area contributed by atoms with Crippen LogP contribution in [0.15, 0.2) is 54.6 Å². The third-order valence-electron chi connectivity index (χ3n) is 4.84. The van der Waals surface area contributed by atoms with Gasteiger partial charge in [0.15, 0.2) is 0 Å². The minimum absolute atomic E-state index is 0.678. The molecule has 0 atom stereocenters. The number of aromatic nitrogens is 2. The number of rotatable bonds is 6. The Morgan fingerprint density at radius 3 is 2.32 bits per heavy atom. The van der Waals surface area contributed by atoms with Gasteiger partial charge in [0, 0.05) is 42.1 Å². The summed E-state index contributed by atoms with van der Waals surface area (Å²) < 4.78 is 0. The summed E-state index contributed by atoms with van der Waals surface area (Å²) >= 11 is 5.94. The van der Waals surface area contributed by atoms with Gasteiger partial charge in [-0.05, 0) is 61.7 Å². The van der Waals surface area contributed by atoms with Gasteiger partial charge in [0.2, 0.25) is 0 Å². The Hall–Kier alpha value is -2.79. The van der Waals surface area contributed by atoms with Crippen molar-refractivity contribution < 1.29 is 0 Å². The number of benzene rings is 2. The summed E-state index contributed by atoms with van der Waals surface area (Å²) in [6.07, 6.45) is 2.57. The van der Waals surface area contributed by atoms with Crippen molar-refractivity contribution in [3.63, 3.8) is 0 Å². The molecule has 6 heteroatoms. The standard InChI is InChI=1S/C22H24ClN5/c1-16-25-21(24-15-17-4-6-18(23)7-5-17)14-22(26-16)27-19-8-10-20(11-9-19)28-12-2-3-13-28/h4-11,14H,2-3,12-13,15H2,1H3,(H2,24,25,26,27). The SMILES string of the molecule is Cc1nc(NCc2ccc(Cl)cc2)cc(Nc2ccc(N3CCCC3)cc2)n1. The molecular weight excluding hydrogens is 370 g/mol. The Morgan fingerprint density at radius 1 is 0.929 bits per heavy atom. The van der Waals surface area contributed by atoms with Crippen LogP contribution in [0.25, 0.3) is 0 Å². The summed E-state index contributed by atoms with van der Waals surface area (Å²) in [4.78, 5) is 11.4. The van der Waals surface area contributed by atoms with Gasteiger partial charge in [-0.1, -0.05) is 23.7 Å². The fraction of sp³-hybridized carbons (Fsp3) is 0.273. The molecular formula is C22H24ClN5. The molecule has 0 unspecified atom stereocenters. The van der Waals surface area contributed by atoms with Crippen molar-refractivity contribution in [2.24, 2.45) is 0 Å². The fourth-order valence-electron chi connectivity index (χ4n) is 3.40. The number of hydrogen-bond acceptors (Lipinski definition) is 5. The summed E-state index contributed by atoms with van der Waals surface area (Å²) in [6.45, 7) is 4.88. The molecule has 0 saturated carbocycles. The van der Waals surface area contributed by atoms with E-state index in [0.29, 0.717) is 6.54 Å². The van der Waals surface area contributed by atoms with Crippen molar-refractivity contribution in [2.75, 3.05) is 28.6 Å². The highest BCUT2D eigenvalue weighted by atomic mass is 35.5. The maximum absolute atomic E-state index is 5.94. The molecule has 2 aromatic carbocycles. The van der Waals surface area contributed by atoms with Crippen LogP contribution in [0.2, 0.25) is 5.02 Å². The Kier molecular flexibility index (Phi) is 5.63. The third kappa shape index (κ3) is 4.73. The van der Waals surface area contributed by atoms with Gasteiger partial charge < -0.3 is 15.5 Å². The topological polar surface area (TPSA) is 53.1 Å². The first-order valence-corrected chi connectivity index (χ1v) is 9.99. The smallest absolute Gasteiger partial charge is 0.136 e. The second-order valence-corrected chi connectivity index (χ2v) is 7.47. The van der Waals surface area contributed by atoms with Crippen molar-refractivity contribution in [2.45, 2.75) is 26.3 Å². The fourth-order valence-corrected chi connectivity index (χ4v) is 3.52. The largest absolute Gasteiger partial charge is 0.372 e. The van der Waals surface area contributed by atoms with E-state index in [0.717, 1.165) is 46.8 Å². The molecule has 2 heterocycles. The number of halogens is 1. The van der Waals surface area contributed by atoms with Gasteiger partial charge in [0.25, 0.3) is 0 Å². The zero-order chi connectivity index (χ0) is 19.3. The van der Waals surface area contributed by atoms with Crippen LogP contribution in [0.1, 0.15) is 24.2 Å². The maximum Gasteiger partial charge on any atom is 0.136 e. The molecule has 144 valence electrons. The van der Waals surface area contributed by atoms with Gasteiger partial charge in [-0.15, -0.1) is 0 Å².